The fraction of sp³-hybridized carbons (Fsp3) is 0.222. The van der Waals surface area contributed by atoms with Crippen LogP contribution < -0.4 is 0 Å². The third-order valence-electron chi connectivity index (χ3n) is 1.61. The van der Waals surface area contributed by atoms with E-state index < -0.39 is 0 Å². The van der Waals surface area contributed by atoms with E-state index >= 15 is 0 Å². The second kappa shape index (κ2) is 5.36. The van der Waals surface area contributed by atoms with E-state index in [9.17, 15) is 4.79 Å². The molecule has 0 aliphatic heterocycles. The summed E-state index contributed by atoms with van der Waals surface area (Å²) in [4.78, 5) is 12.1. The van der Waals surface area contributed by atoms with Crippen molar-refractivity contribution in [2.75, 3.05) is 5.33 Å². The molecule has 0 aromatic heterocycles. The summed E-state index contributed by atoms with van der Waals surface area (Å²) < 4.78 is 1.08. The summed E-state index contributed by atoms with van der Waals surface area (Å²) in [5.41, 5.74) is 1.000. The normalized spacial score (nSPS) is 10.1. The van der Waals surface area contributed by atoms with Crippen LogP contribution in [0.2, 0.25) is 0 Å². The van der Waals surface area contributed by atoms with Crippen LogP contribution in [0.1, 0.15) is 5.56 Å². The first-order valence-electron chi connectivity index (χ1n) is 3.69. The molecule has 0 aliphatic rings. The van der Waals surface area contributed by atoms with Crippen LogP contribution in [-0.2, 0) is 11.2 Å². The van der Waals surface area contributed by atoms with Gasteiger partial charge < -0.3 is 0 Å². The maximum absolute atomic E-state index is 11.2. The van der Waals surface area contributed by atoms with E-state index in [-0.39, 0.29) is 5.78 Å². The highest BCUT2D eigenvalue weighted by molar-refractivity contribution is 14.1. The zero-order valence-corrected chi connectivity index (χ0v) is 11.4. The van der Waals surface area contributed by atoms with E-state index in [1.54, 1.807) is 0 Å². The van der Waals surface area contributed by atoms with Crippen molar-refractivity contribution in [1.82, 2.24) is 0 Å². The van der Waals surface area contributed by atoms with Gasteiger partial charge in [-0.05, 0) is 34.2 Å². The molecule has 13 heavy (non-hydrogen) atoms. The minimum Gasteiger partial charge on any atom is -0.298 e. The monoisotopic (exact) mass is 370 g/mol. The summed E-state index contributed by atoms with van der Waals surface area (Å²) in [6.45, 7) is 0. The van der Waals surface area contributed by atoms with Crippen LogP contribution in [0.5, 0.6) is 0 Å². The summed E-state index contributed by atoms with van der Waals surface area (Å²) >= 11 is 9.70. The van der Waals surface area contributed by atoms with Crippen LogP contribution in [0.3, 0.4) is 0 Å². The summed E-state index contributed by atoms with van der Waals surface area (Å²) in [5.74, 6) is 0.178. The topological polar surface area (TPSA) is 17.1 Å². The standard InChI is InChI=1S/C9H8BrIOS/c10-5-7(12)4-6-2-1-3-8(11)9(6)13/h1-3,13H,4-5H2. The maximum atomic E-state index is 11.2. The maximum Gasteiger partial charge on any atom is 0.147 e. The number of carbonyl (C=O) groups is 1. The Morgan fingerprint density at radius 3 is 2.85 bits per heavy atom. The molecule has 1 nitrogen and oxygen atoms in total. The lowest BCUT2D eigenvalue weighted by Gasteiger charge is -2.04. The van der Waals surface area contributed by atoms with Crippen LogP contribution in [0, 0.1) is 3.57 Å². The summed E-state index contributed by atoms with van der Waals surface area (Å²) in [6.07, 6.45) is 0.459. The average Bonchev–Trinajstić information content (AvgIpc) is 2.13. The molecule has 0 unspecified atom stereocenters. The predicted octanol–water partition coefficient (Wildman–Crippen LogP) is 3.09. The van der Waals surface area contributed by atoms with E-state index in [1.165, 1.54) is 0 Å². The molecule has 1 rings (SSSR count). The van der Waals surface area contributed by atoms with Gasteiger partial charge in [-0.25, -0.2) is 0 Å². The van der Waals surface area contributed by atoms with E-state index in [0.29, 0.717) is 11.8 Å². The molecule has 0 saturated heterocycles. The first kappa shape index (κ1) is 11.5. The highest BCUT2D eigenvalue weighted by atomic mass is 127. The highest BCUT2D eigenvalue weighted by Gasteiger charge is 2.06. The second-order valence-corrected chi connectivity index (χ2v) is 4.77. The lowest BCUT2D eigenvalue weighted by atomic mass is 10.1. The highest BCUT2D eigenvalue weighted by Crippen LogP contribution is 2.21. The fourth-order valence-electron chi connectivity index (χ4n) is 0.962. The number of hydrogen-bond acceptors (Lipinski definition) is 2. The summed E-state index contributed by atoms with van der Waals surface area (Å²) in [6, 6.07) is 5.86. The molecule has 0 N–H and O–H groups in total. The Hall–Kier alpha value is 0.450. The van der Waals surface area contributed by atoms with Crippen molar-refractivity contribution in [2.24, 2.45) is 0 Å². The molecule has 4 heteroatoms. The average molecular weight is 371 g/mol. The molecule has 1 aromatic rings. The largest absolute Gasteiger partial charge is 0.298 e. The lowest BCUT2D eigenvalue weighted by molar-refractivity contribution is -0.115. The lowest BCUT2D eigenvalue weighted by Crippen LogP contribution is -2.04. The van der Waals surface area contributed by atoms with Gasteiger partial charge in [0.25, 0.3) is 0 Å². The third-order valence-corrected chi connectivity index (χ3v) is 4.09. The number of halogens is 2. The fourth-order valence-corrected chi connectivity index (χ4v) is 1.94. The molecule has 0 heterocycles. The van der Waals surface area contributed by atoms with Crippen molar-refractivity contribution in [2.45, 2.75) is 11.3 Å². The van der Waals surface area contributed by atoms with Crippen LogP contribution in [0.25, 0.3) is 0 Å². The van der Waals surface area contributed by atoms with Gasteiger partial charge in [-0.1, -0.05) is 28.1 Å². The van der Waals surface area contributed by atoms with Crippen molar-refractivity contribution in [3.63, 3.8) is 0 Å². The molecule has 1 aromatic carbocycles. The van der Waals surface area contributed by atoms with E-state index in [4.69, 9.17) is 0 Å². The quantitative estimate of drug-likeness (QED) is 0.491. The number of benzene rings is 1. The Balaban J connectivity index is 2.89. The molecule has 70 valence electrons. The first-order valence-corrected chi connectivity index (χ1v) is 6.34. The molecule has 0 amide bonds. The van der Waals surface area contributed by atoms with Gasteiger partial charge in [0.2, 0.25) is 0 Å². The molecule has 0 aliphatic carbocycles. The third kappa shape index (κ3) is 3.25. The Morgan fingerprint density at radius 1 is 1.54 bits per heavy atom. The Kier molecular flexibility index (Phi) is 4.75. The molecule has 0 spiro atoms. The summed E-state index contributed by atoms with van der Waals surface area (Å²) in [5, 5.41) is 0.408. The van der Waals surface area contributed by atoms with Crippen molar-refractivity contribution in [3.8, 4) is 0 Å². The van der Waals surface area contributed by atoms with Gasteiger partial charge in [-0.15, -0.1) is 12.6 Å². The van der Waals surface area contributed by atoms with Crippen molar-refractivity contribution < 1.29 is 4.79 Å². The molecule has 0 fully saturated rings. The molecule has 0 saturated carbocycles. The van der Waals surface area contributed by atoms with E-state index in [1.807, 2.05) is 18.2 Å². The minimum atomic E-state index is 0.178. The molecule has 0 bridgehead atoms. The number of hydrogen-bond donors (Lipinski definition) is 1. The Bertz CT molecular complexity index is 327. The zero-order chi connectivity index (χ0) is 9.84. The summed E-state index contributed by atoms with van der Waals surface area (Å²) in [7, 11) is 0. The Labute approximate surface area is 105 Å². The van der Waals surface area contributed by atoms with E-state index in [2.05, 4.69) is 51.1 Å². The van der Waals surface area contributed by atoms with Gasteiger partial charge in [-0.2, -0.15) is 0 Å². The number of ketones is 1. The molecule has 0 atom stereocenters. The van der Waals surface area contributed by atoms with Gasteiger partial charge in [-0.3, -0.25) is 4.79 Å². The van der Waals surface area contributed by atoms with Crippen molar-refractivity contribution in [1.29, 1.82) is 0 Å². The van der Waals surface area contributed by atoms with Crippen LogP contribution in [0.4, 0.5) is 0 Å². The minimum absolute atomic E-state index is 0.178. The number of carbonyl (C=O) groups excluding carboxylic acids is 1. The number of alkyl halides is 1. The number of rotatable bonds is 3. The van der Waals surface area contributed by atoms with Gasteiger partial charge in [0.1, 0.15) is 5.78 Å². The van der Waals surface area contributed by atoms with Crippen LogP contribution in [-0.4, -0.2) is 11.1 Å². The number of thiol groups is 1. The molecule has 0 radical (unpaired) electrons. The predicted molar refractivity (Wildman–Crippen MR) is 68.9 cm³/mol. The van der Waals surface area contributed by atoms with Gasteiger partial charge >= 0.3 is 0 Å². The van der Waals surface area contributed by atoms with Crippen molar-refractivity contribution in [3.05, 3.63) is 27.3 Å². The second-order valence-electron chi connectivity index (χ2n) is 2.60. The van der Waals surface area contributed by atoms with Crippen LogP contribution in [0.15, 0.2) is 23.1 Å². The zero-order valence-electron chi connectivity index (χ0n) is 6.76. The first-order chi connectivity index (χ1) is 6.15. The molecular formula is C9H8BrIOS. The van der Waals surface area contributed by atoms with Gasteiger partial charge in [0.05, 0.1) is 5.33 Å². The smallest absolute Gasteiger partial charge is 0.147 e. The van der Waals surface area contributed by atoms with E-state index in [0.717, 1.165) is 14.0 Å². The van der Waals surface area contributed by atoms with Gasteiger partial charge in [0.15, 0.2) is 0 Å². The van der Waals surface area contributed by atoms with Crippen molar-refractivity contribution >= 4 is 56.9 Å². The molecular weight excluding hydrogens is 363 g/mol. The Morgan fingerprint density at radius 2 is 2.23 bits per heavy atom. The SMILES string of the molecule is O=C(CBr)Cc1cccc(I)c1S. The van der Waals surface area contributed by atoms with Gasteiger partial charge in [0, 0.05) is 14.9 Å². The van der Waals surface area contributed by atoms with Crippen LogP contribution >= 0.6 is 51.1 Å². The number of Topliss-reactive ketones (excluding diaryl/α,β-unsaturated/α-hetero) is 1.